The van der Waals surface area contributed by atoms with Crippen molar-refractivity contribution < 1.29 is 17.2 Å². The number of hydrogen-bond acceptors (Lipinski definition) is 3. The van der Waals surface area contributed by atoms with Crippen LogP contribution in [0.3, 0.4) is 0 Å². The molecule has 4 aromatic rings. The second-order valence-electron chi connectivity index (χ2n) is 6.28. The van der Waals surface area contributed by atoms with E-state index in [4.69, 9.17) is 0 Å². The quantitative estimate of drug-likeness (QED) is 0.383. The molecule has 0 unspecified atom stereocenters. The molecular formula is C20H13F2IN2O2S. The Morgan fingerprint density at radius 3 is 2.32 bits per heavy atom. The van der Waals surface area contributed by atoms with E-state index in [1.165, 1.54) is 24.3 Å². The topological polar surface area (TPSA) is 62.8 Å². The Bertz CT molecular complexity index is 1300. The summed E-state index contributed by atoms with van der Waals surface area (Å²) in [6.07, 6.45) is 1.61. The van der Waals surface area contributed by atoms with Crippen LogP contribution in [0, 0.1) is 22.1 Å². The Kier molecular flexibility index (Phi) is 4.70. The summed E-state index contributed by atoms with van der Waals surface area (Å²) < 4.78 is 55.9. The van der Waals surface area contributed by atoms with Crippen molar-refractivity contribution >= 4 is 43.5 Å². The Hall–Kier alpha value is -2.33. The van der Waals surface area contributed by atoms with E-state index in [0.717, 1.165) is 17.7 Å². The molecule has 2 aromatic heterocycles. The first-order valence-corrected chi connectivity index (χ1v) is 10.8. The van der Waals surface area contributed by atoms with Crippen molar-refractivity contribution in [2.75, 3.05) is 0 Å². The van der Waals surface area contributed by atoms with Crippen molar-refractivity contribution in [1.29, 1.82) is 0 Å². The fraction of sp³-hybridized carbons (Fsp3) is 0.0500. The highest BCUT2D eigenvalue weighted by Crippen LogP contribution is 2.34. The Morgan fingerprint density at radius 1 is 1.04 bits per heavy atom. The molecule has 0 spiro atoms. The Labute approximate surface area is 173 Å². The largest absolute Gasteiger partial charge is 0.358 e. The number of benzene rings is 2. The van der Waals surface area contributed by atoms with Crippen LogP contribution < -0.4 is 0 Å². The third-order valence-electron chi connectivity index (χ3n) is 4.39. The van der Waals surface area contributed by atoms with E-state index >= 15 is 0 Å². The normalized spacial score (nSPS) is 11.9. The molecule has 0 aliphatic carbocycles. The van der Waals surface area contributed by atoms with Crippen molar-refractivity contribution in [1.82, 2.24) is 9.97 Å². The number of aryl methyl sites for hydroxylation is 1. The summed E-state index contributed by atoms with van der Waals surface area (Å²) in [5, 5.41) is 0. The van der Waals surface area contributed by atoms with E-state index in [2.05, 4.69) is 9.97 Å². The molecule has 0 saturated heterocycles. The number of rotatable bonds is 3. The molecule has 0 bridgehead atoms. The number of nitrogens with one attached hydrogen (secondary N) is 1. The molecule has 0 amide bonds. The first-order chi connectivity index (χ1) is 13.3. The van der Waals surface area contributed by atoms with Crippen LogP contribution >= 0.6 is 22.6 Å². The van der Waals surface area contributed by atoms with Gasteiger partial charge in [0, 0.05) is 6.20 Å². The van der Waals surface area contributed by atoms with Gasteiger partial charge in [0.25, 0.3) is 0 Å². The summed E-state index contributed by atoms with van der Waals surface area (Å²) in [5.41, 5.74) is 1.12. The van der Waals surface area contributed by atoms with Gasteiger partial charge in [-0.15, -0.1) is 0 Å². The highest BCUT2D eigenvalue weighted by Gasteiger charge is 2.25. The molecule has 0 atom stereocenters. The monoisotopic (exact) mass is 510 g/mol. The average molecular weight is 510 g/mol. The first kappa shape index (κ1) is 19.0. The van der Waals surface area contributed by atoms with Crippen molar-refractivity contribution in [2.45, 2.75) is 16.7 Å². The van der Waals surface area contributed by atoms with Crippen LogP contribution in [0.2, 0.25) is 0 Å². The van der Waals surface area contributed by atoms with Gasteiger partial charge in [-0.1, -0.05) is 23.8 Å². The number of aromatic amines is 1. The molecule has 28 heavy (non-hydrogen) atoms. The predicted molar refractivity (Wildman–Crippen MR) is 111 cm³/mol. The molecule has 0 radical (unpaired) electrons. The van der Waals surface area contributed by atoms with E-state index in [1.54, 1.807) is 18.3 Å². The number of nitrogens with zero attached hydrogens (tertiary/aromatic N) is 1. The first-order valence-electron chi connectivity index (χ1n) is 8.23. The molecule has 2 aromatic carbocycles. The highest BCUT2D eigenvalue weighted by atomic mass is 127. The fourth-order valence-corrected chi connectivity index (χ4v) is 4.95. The number of hydrogen-bond donors (Lipinski definition) is 1. The molecule has 4 rings (SSSR count). The fourth-order valence-electron chi connectivity index (χ4n) is 2.96. The second kappa shape index (κ2) is 6.93. The molecule has 0 saturated carbocycles. The minimum atomic E-state index is -3.94. The molecule has 0 aliphatic heterocycles. The van der Waals surface area contributed by atoms with Crippen LogP contribution in [0.15, 0.2) is 64.5 Å². The molecule has 142 valence electrons. The van der Waals surface area contributed by atoms with Crippen molar-refractivity contribution in [3.63, 3.8) is 0 Å². The number of halogens is 3. The maximum atomic E-state index is 14.3. The summed E-state index contributed by atoms with van der Waals surface area (Å²) in [5.74, 6) is -1.62. The Morgan fingerprint density at radius 2 is 1.68 bits per heavy atom. The van der Waals surface area contributed by atoms with E-state index in [0.29, 0.717) is 14.6 Å². The number of aromatic nitrogens is 2. The number of pyridine rings is 1. The van der Waals surface area contributed by atoms with Crippen molar-refractivity contribution in [3.8, 4) is 11.3 Å². The minimum absolute atomic E-state index is 0.0775. The zero-order valence-electron chi connectivity index (χ0n) is 14.5. The lowest BCUT2D eigenvalue weighted by atomic mass is 10.1. The average Bonchev–Trinajstić information content (AvgIpc) is 3.02. The summed E-state index contributed by atoms with van der Waals surface area (Å²) in [7, 11) is -3.94. The highest BCUT2D eigenvalue weighted by molar-refractivity contribution is 14.1. The van der Waals surface area contributed by atoms with E-state index in [1.807, 2.05) is 29.5 Å². The van der Waals surface area contributed by atoms with Gasteiger partial charge in [0.2, 0.25) is 9.84 Å². The van der Waals surface area contributed by atoms with Crippen molar-refractivity contribution in [3.05, 3.63) is 75.5 Å². The maximum Gasteiger partial charge on any atom is 0.208 e. The second-order valence-corrected chi connectivity index (χ2v) is 9.36. The van der Waals surface area contributed by atoms with E-state index < -0.39 is 21.5 Å². The van der Waals surface area contributed by atoms with Crippen LogP contribution in [0.25, 0.3) is 22.3 Å². The summed E-state index contributed by atoms with van der Waals surface area (Å²) in [6, 6.07) is 11.1. The van der Waals surface area contributed by atoms with Gasteiger partial charge in [0.15, 0.2) is 0 Å². The van der Waals surface area contributed by atoms with Crippen LogP contribution in [0.1, 0.15) is 5.56 Å². The summed E-state index contributed by atoms with van der Waals surface area (Å²) in [6.45, 7) is 1.85. The lowest BCUT2D eigenvalue weighted by Crippen LogP contribution is -2.05. The third-order valence-corrected chi connectivity index (χ3v) is 7.01. The Balaban J connectivity index is 2.05. The predicted octanol–water partition coefficient (Wildman–Crippen LogP) is 5.25. The van der Waals surface area contributed by atoms with Gasteiger partial charge in [-0.2, -0.15) is 0 Å². The van der Waals surface area contributed by atoms with E-state index in [9.17, 15) is 17.2 Å². The lowest BCUT2D eigenvalue weighted by molar-refractivity contribution is 0.587. The maximum absolute atomic E-state index is 14.3. The van der Waals surface area contributed by atoms with Gasteiger partial charge < -0.3 is 4.98 Å². The molecule has 0 aliphatic rings. The molecule has 0 fully saturated rings. The van der Waals surface area contributed by atoms with Gasteiger partial charge in [-0.3, -0.25) is 0 Å². The SMILES string of the molecule is Cc1ccc(S(=O)(=O)c2cc(-c3c(F)cccc3F)nc3c(I)c[nH]c23)cc1. The van der Waals surface area contributed by atoms with Gasteiger partial charge in [-0.25, -0.2) is 22.2 Å². The van der Waals surface area contributed by atoms with Gasteiger partial charge >= 0.3 is 0 Å². The molecule has 1 N–H and O–H groups in total. The molecule has 4 nitrogen and oxygen atoms in total. The van der Waals surface area contributed by atoms with Crippen LogP contribution in [-0.4, -0.2) is 18.4 Å². The summed E-state index contributed by atoms with van der Waals surface area (Å²) in [4.78, 5) is 7.25. The smallest absolute Gasteiger partial charge is 0.208 e. The number of sulfone groups is 1. The molecule has 2 heterocycles. The minimum Gasteiger partial charge on any atom is -0.358 e. The zero-order valence-corrected chi connectivity index (χ0v) is 17.5. The number of H-pyrrole nitrogens is 1. The number of fused-ring (bicyclic) bond motifs is 1. The molecular weight excluding hydrogens is 497 g/mol. The zero-order chi connectivity index (χ0) is 20.1. The third kappa shape index (κ3) is 3.10. The standard InChI is InChI=1S/C20H13F2IN2O2S/c1-11-5-7-12(8-6-11)28(26,27)17-9-16(18-13(21)3-2-4-14(18)22)25-19-15(23)10-24-20(17)19/h2-10,24H,1H3. The van der Waals surface area contributed by atoms with Crippen LogP contribution in [0.4, 0.5) is 8.78 Å². The van der Waals surface area contributed by atoms with Gasteiger partial charge in [-0.05, 0) is 59.8 Å². The van der Waals surface area contributed by atoms with Crippen LogP contribution in [-0.2, 0) is 9.84 Å². The van der Waals surface area contributed by atoms with Crippen LogP contribution in [0.5, 0.6) is 0 Å². The lowest BCUT2D eigenvalue weighted by Gasteiger charge is -2.10. The van der Waals surface area contributed by atoms with Gasteiger partial charge in [0.1, 0.15) is 17.2 Å². The molecule has 8 heteroatoms. The summed E-state index contributed by atoms with van der Waals surface area (Å²) >= 11 is 1.99. The van der Waals surface area contributed by atoms with Crippen molar-refractivity contribution in [2.24, 2.45) is 0 Å². The van der Waals surface area contributed by atoms with Gasteiger partial charge in [0.05, 0.1) is 30.1 Å². The van der Waals surface area contributed by atoms with E-state index in [-0.39, 0.29) is 21.0 Å².